The molecule has 0 aliphatic heterocycles. The summed E-state index contributed by atoms with van der Waals surface area (Å²) in [7, 11) is -1.35. The molecule has 1 aromatic carbocycles. The molecule has 10 heteroatoms. The summed E-state index contributed by atoms with van der Waals surface area (Å²) in [6.45, 7) is 0. The molecule has 3 aromatic rings. The van der Waals surface area contributed by atoms with Gasteiger partial charge < -0.3 is 4.98 Å². The summed E-state index contributed by atoms with van der Waals surface area (Å²) in [6, 6.07) is 7.25. The minimum absolute atomic E-state index is 0.126. The fourth-order valence-corrected chi connectivity index (χ4v) is 3.03. The van der Waals surface area contributed by atoms with Crippen LogP contribution in [0, 0.1) is 17.1 Å². The molecule has 0 aliphatic rings. The molecule has 0 saturated heterocycles. The first-order valence-corrected chi connectivity index (χ1v) is 9.09. The smallest absolute Gasteiger partial charge is 0.301 e. The van der Waals surface area contributed by atoms with Gasteiger partial charge in [0.2, 0.25) is 0 Å². The van der Waals surface area contributed by atoms with Crippen LogP contribution in [0.25, 0.3) is 11.0 Å². The summed E-state index contributed by atoms with van der Waals surface area (Å²) in [5.74, 6) is -1.66. The minimum atomic E-state index is -3.93. The Morgan fingerprint density at radius 2 is 2.07 bits per heavy atom. The van der Waals surface area contributed by atoms with Crippen molar-refractivity contribution in [3.05, 3.63) is 59.2 Å². The standard InChI is InChI=1S/C17H14FN5O3S/c1-23(2)27(25,26)22-14-5-3-4-11(15(14)18)16(24)13-9-21-17-12(13)6-10(7-19)8-20-17/h3-6,8-9,22H,1-2H3,(H,20,21). The lowest BCUT2D eigenvalue weighted by Crippen LogP contribution is -2.29. The number of carbonyl (C=O) groups is 1. The van der Waals surface area contributed by atoms with Crippen LogP contribution in [0.1, 0.15) is 21.5 Å². The fraction of sp³-hybridized carbons (Fsp3) is 0.118. The average molecular weight is 387 g/mol. The summed E-state index contributed by atoms with van der Waals surface area (Å²) < 4.78 is 41.6. The van der Waals surface area contributed by atoms with Gasteiger partial charge in [-0.05, 0) is 18.2 Å². The first-order valence-electron chi connectivity index (χ1n) is 7.65. The molecule has 3 rings (SSSR count). The van der Waals surface area contributed by atoms with Crippen LogP contribution in [0.2, 0.25) is 0 Å². The summed E-state index contributed by atoms with van der Waals surface area (Å²) in [5, 5.41) is 9.37. The Bertz CT molecular complexity index is 1190. The predicted molar refractivity (Wildman–Crippen MR) is 96.9 cm³/mol. The quantitative estimate of drug-likeness (QED) is 0.649. The Balaban J connectivity index is 2.06. The maximum atomic E-state index is 14.8. The molecule has 2 N–H and O–H groups in total. The maximum Gasteiger partial charge on any atom is 0.301 e. The number of aromatic amines is 1. The molecular formula is C17H14FN5O3S. The van der Waals surface area contributed by atoms with E-state index in [9.17, 15) is 17.6 Å². The number of halogens is 1. The van der Waals surface area contributed by atoms with Crippen LogP contribution in [0.4, 0.5) is 10.1 Å². The number of nitrogens with zero attached hydrogens (tertiary/aromatic N) is 3. The Morgan fingerprint density at radius 3 is 2.74 bits per heavy atom. The molecule has 0 spiro atoms. The Hall–Kier alpha value is -3.29. The van der Waals surface area contributed by atoms with Crippen molar-refractivity contribution >= 4 is 32.7 Å². The first kappa shape index (κ1) is 18.5. The van der Waals surface area contributed by atoms with E-state index >= 15 is 0 Å². The molecule has 138 valence electrons. The van der Waals surface area contributed by atoms with Gasteiger partial charge in [0.05, 0.1) is 16.8 Å². The number of H-pyrrole nitrogens is 1. The van der Waals surface area contributed by atoms with Crippen molar-refractivity contribution < 1.29 is 17.6 Å². The number of fused-ring (bicyclic) bond motifs is 1. The fourth-order valence-electron chi connectivity index (χ4n) is 2.41. The molecule has 0 saturated carbocycles. The number of pyridine rings is 1. The van der Waals surface area contributed by atoms with E-state index in [1.807, 2.05) is 6.07 Å². The molecule has 27 heavy (non-hydrogen) atoms. The molecule has 0 fully saturated rings. The number of carbonyl (C=O) groups excluding carboxylic acids is 1. The van der Waals surface area contributed by atoms with E-state index in [-0.39, 0.29) is 22.4 Å². The van der Waals surface area contributed by atoms with Crippen LogP contribution >= 0.6 is 0 Å². The summed E-state index contributed by atoms with van der Waals surface area (Å²) in [4.78, 5) is 19.7. The van der Waals surface area contributed by atoms with E-state index in [0.29, 0.717) is 11.0 Å². The van der Waals surface area contributed by atoms with Gasteiger partial charge in [0.1, 0.15) is 11.7 Å². The number of hydrogen-bond donors (Lipinski definition) is 2. The number of aromatic nitrogens is 2. The van der Waals surface area contributed by atoms with Gasteiger partial charge in [0.15, 0.2) is 11.6 Å². The topological polar surface area (TPSA) is 119 Å². The normalized spacial score (nSPS) is 11.5. The lowest BCUT2D eigenvalue weighted by atomic mass is 10.0. The van der Waals surface area contributed by atoms with Crippen molar-refractivity contribution in [2.75, 3.05) is 18.8 Å². The number of anilines is 1. The van der Waals surface area contributed by atoms with Crippen LogP contribution in [-0.2, 0) is 10.2 Å². The maximum absolute atomic E-state index is 14.8. The van der Waals surface area contributed by atoms with Gasteiger partial charge in [-0.25, -0.2) is 9.37 Å². The SMILES string of the molecule is CN(C)S(=O)(=O)Nc1cccc(C(=O)c2c[nH]c3ncc(C#N)cc23)c1F. The third-order valence-electron chi connectivity index (χ3n) is 3.87. The molecule has 2 heterocycles. The number of nitriles is 1. The van der Waals surface area contributed by atoms with Crippen molar-refractivity contribution in [3.8, 4) is 6.07 Å². The van der Waals surface area contributed by atoms with Gasteiger partial charge >= 0.3 is 10.2 Å². The second-order valence-electron chi connectivity index (χ2n) is 5.82. The van der Waals surface area contributed by atoms with E-state index in [4.69, 9.17) is 5.26 Å². The van der Waals surface area contributed by atoms with E-state index in [0.717, 1.165) is 4.31 Å². The summed E-state index contributed by atoms with van der Waals surface area (Å²) >= 11 is 0. The highest BCUT2D eigenvalue weighted by atomic mass is 32.2. The van der Waals surface area contributed by atoms with E-state index in [1.54, 1.807) is 0 Å². The number of rotatable bonds is 5. The van der Waals surface area contributed by atoms with E-state index in [2.05, 4.69) is 14.7 Å². The molecule has 0 atom stereocenters. The highest BCUT2D eigenvalue weighted by Crippen LogP contribution is 2.25. The lowest BCUT2D eigenvalue weighted by molar-refractivity contribution is 0.103. The van der Waals surface area contributed by atoms with Crippen molar-refractivity contribution in [2.24, 2.45) is 0 Å². The zero-order chi connectivity index (χ0) is 19.8. The molecule has 0 unspecified atom stereocenters. The van der Waals surface area contributed by atoms with E-state index < -0.39 is 21.8 Å². The van der Waals surface area contributed by atoms with Crippen LogP contribution in [0.15, 0.2) is 36.7 Å². The van der Waals surface area contributed by atoms with Gasteiger partial charge in [-0.15, -0.1) is 0 Å². The average Bonchev–Trinajstić information content (AvgIpc) is 3.05. The van der Waals surface area contributed by atoms with Crippen molar-refractivity contribution in [3.63, 3.8) is 0 Å². The molecule has 2 aromatic heterocycles. The lowest BCUT2D eigenvalue weighted by Gasteiger charge is -2.14. The van der Waals surface area contributed by atoms with Crippen molar-refractivity contribution in [1.29, 1.82) is 5.26 Å². The molecular weight excluding hydrogens is 373 g/mol. The number of nitrogens with one attached hydrogen (secondary N) is 2. The van der Waals surface area contributed by atoms with Crippen LogP contribution in [0.5, 0.6) is 0 Å². The van der Waals surface area contributed by atoms with Gasteiger partial charge in [-0.3, -0.25) is 9.52 Å². The van der Waals surface area contributed by atoms with Crippen LogP contribution in [0.3, 0.4) is 0 Å². The van der Waals surface area contributed by atoms with Crippen molar-refractivity contribution in [2.45, 2.75) is 0 Å². The van der Waals surface area contributed by atoms with Gasteiger partial charge in [-0.2, -0.15) is 18.0 Å². The van der Waals surface area contributed by atoms with Crippen LogP contribution in [-0.4, -0.2) is 42.6 Å². The predicted octanol–water partition coefficient (Wildman–Crippen LogP) is 2.02. The Kier molecular flexibility index (Phi) is 4.65. The zero-order valence-electron chi connectivity index (χ0n) is 14.3. The first-order chi connectivity index (χ1) is 12.7. The molecule has 0 aliphatic carbocycles. The largest absolute Gasteiger partial charge is 0.345 e. The second kappa shape index (κ2) is 6.79. The monoisotopic (exact) mass is 387 g/mol. The second-order valence-corrected chi connectivity index (χ2v) is 7.70. The molecule has 0 radical (unpaired) electrons. The molecule has 0 bridgehead atoms. The van der Waals surface area contributed by atoms with Gasteiger partial charge in [-0.1, -0.05) is 6.07 Å². The van der Waals surface area contributed by atoms with E-state index in [1.165, 1.54) is 50.8 Å². The molecule has 8 nitrogen and oxygen atoms in total. The van der Waals surface area contributed by atoms with Crippen molar-refractivity contribution in [1.82, 2.24) is 14.3 Å². The zero-order valence-corrected chi connectivity index (χ0v) is 15.1. The Labute approximate surface area is 154 Å². The number of benzene rings is 1. The van der Waals surface area contributed by atoms with Gasteiger partial charge in [0.25, 0.3) is 0 Å². The highest BCUT2D eigenvalue weighted by Gasteiger charge is 2.22. The number of hydrogen-bond acceptors (Lipinski definition) is 5. The molecule has 0 amide bonds. The third-order valence-corrected chi connectivity index (χ3v) is 5.31. The third kappa shape index (κ3) is 3.38. The van der Waals surface area contributed by atoms with Crippen LogP contribution < -0.4 is 4.72 Å². The van der Waals surface area contributed by atoms with Gasteiger partial charge in [0, 0.05) is 37.4 Å². The highest BCUT2D eigenvalue weighted by molar-refractivity contribution is 7.90. The summed E-state index contributed by atoms with van der Waals surface area (Å²) in [6.07, 6.45) is 2.72. The Morgan fingerprint density at radius 1 is 1.33 bits per heavy atom. The summed E-state index contributed by atoms with van der Waals surface area (Å²) in [5.41, 5.74) is 0.106. The number of ketones is 1. The minimum Gasteiger partial charge on any atom is -0.345 e.